The Bertz CT molecular complexity index is 131. The summed E-state index contributed by atoms with van der Waals surface area (Å²) < 4.78 is 10.3. The molecule has 0 aromatic rings. The Balaban J connectivity index is 3.20. The van der Waals surface area contributed by atoms with E-state index in [0.29, 0.717) is 13.2 Å². The van der Waals surface area contributed by atoms with Gasteiger partial charge in [-0.05, 0) is 18.9 Å². The molecule has 0 rings (SSSR count). The number of nitrogens with one attached hydrogen (secondary N) is 1. The Hall–Kier alpha value is -0.120. The molecule has 0 fully saturated rings. The van der Waals surface area contributed by atoms with E-state index < -0.39 is 0 Å². The molecule has 3 heteroatoms. The largest absolute Gasteiger partial charge is 0.382 e. The fourth-order valence-corrected chi connectivity index (χ4v) is 1.64. The summed E-state index contributed by atoms with van der Waals surface area (Å²) in [6.07, 6.45) is 5.28. The number of methoxy groups -OCH3 is 1. The highest BCUT2D eigenvalue weighted by Crippen LogP contribution is 2.10. The average Bonchev–Trinajstić information content (AvgIpc) is 2.32. The van der Waals surface area contributed by atoms with E-state index in [0.717, 1.165) is 25.6 Å². The van der Waals surface area contributed by atoms with Crippen molar-refractivity contribution in [2.45, 2.75) is 39.5 Å². The van der Waals surface area contributed by atoms with Crippen LogP contribution in [0.3, 0.4) is 0 Å². The molecule has 0 aliphatic rings. The van der Waals surface area contributed by atoms with E-state index in [-0.39, 0.29) is 0 Å². The van der Waals surface area contributed by atoms with E-state index in [9.17, 15) is 0 Å². The molecule has 16 heavy (non-hydrogen) atoms. The van der Waals surface area contributed by atoms with Crippen molar-refractivity contribution in [3.05, 3.63) is 0 Å². The molecule has 0 aromatic carbocycles. The van der Waals surface area contributed by atoms with Gasteiger partial charge >= 0.3 is 0 Å². The second-order valence-corrected chi connectivity index (χ2v) is 4.23. The molecule has 0 radical (unpaired) electrons. The van der Waals surface area contributed by atoms with Gasteiger partial charge in [0.15, 0.2) is 0 Å². The first-order valence-electron chi connectivity index (χ1n) is 6.62. The molecule has 0 aliphatic heterocycles. The van der Waals surface area contributed by atoms with Gasteiger partial charge < -0.3 is 14.8 Å². The minimum atomic E-state index is 0.689. The van der Waals surface area contributed by atoms with Crippen LogP contribution in [0.25, 0.3) is 0 Å². The normalized spacial score (nSPS) is 12.9. The molecule has 0 saturated heterocycles. The van der Waals surface area contributed by atoms with Crippen LogP contribution in [0.15, 0.2) is 0 Å². The molecular weight excluding hydrogens is 202 g/mol. The quantitative estimate of drug-likeness (QED) is 0.523. The Morgan fingerprint density at radius 3 is 2.56 bits per heavy atom. The molecule has 1 N–H and O–H groups in total. The number of unbranched alkanes of at least 4 members (excludes halogenated alkanes) is 1. The van der Waals surface area contributed by atoms with Gasteiger partial charge in [0.25, 0.3) is 0 Å². The van der Waals surface area contributed by atoms with Crippen LogP contribution >= 0.6 is 0 Å². The molecule has 0 aromatic heterocycles. The van der Waals surface area contributed by atoms with Gasteiger partial charge in [0.1, 0.15) is 0 Å². The van der Waals surface area contributed by atoms with Crippen molar-refractivity contribution < 1.29 is 9.47 Å². The van der Waals surface area contributed by atoms with E-state index in [1.807, 2.05) is 0 Å². The minimum absolute atomic E-state index is 0.689. The minimum Gasteiger partial charge on any atom is -0.382 e. The molecule has 0 heterocycles. The Kier molecular flexibility index (Phi) is 12.9. The van der Waals surface area contributed by atoms with Gasteiger partial charge in [-0.15, -0.1) is 0 Å². The second-order valence-electron chi connectivity index (χ2n) is 4.23. The third-order valence-electron chi connectivity index (χ3n) is 2.83. The second kappa shape index (κ2) is 12.9. The maximum absolute atomic E-state index is 5.38. The lowest BCUT2D eigenvalue weighted by atomic mass is 9.99. The van der Waals surface area contributed by atoms with Crippen molar-refractivity contribution in [2.24, 2.45) is 5.92 Å². The van der Waals surface area contributed by atoms with Crippen LogP contribution in [0, 0.1) is 5.92 Å². The van der Waals surface area contributed by atoms with Gasteiger partial charge in [0.2, 0.25) is 0 Å². The fourth-order valence-electron chi connectivity index (χ4n) is 1.64. The van der Waals surface area contributed by atoms with Crippen LogP contribution in [0.1, 0.15) is 39.5 Å². The molecule has 0 aliphatic carbocycles. The third kappa shape index (κ3) is 10.4. The average molecular weight is 231 g/mol. The lowest BCUT2D eigenvalue weighted by Gasteiger charge is -2.15. The first kappa shape index (κ1) is 15.9. The molecule has 3 nitrogen and oxygen atoms in total. The van der Waals surface area contributed by atoms with Crippen LogP contribution in [0.5, 0.6) is 0 Å². The van der Waals surface area contributed by atoms with Crippen LogP contribution in [-0.4, -0.2) is 40.0 Å². The topological polar surface area (TPSA) is 30.5 Å². The van der Waals surface area contributed by atoms with Gasteiger partial charge in [-0.3, -0.25) is 0 Å². The monoisotopic (exact) mass is 231 g/mol. The molecule has 0 spiro atoms. The summed E-state index contributed by atoms with van der Waals surface area (Å²) in [6, 6.07) is 0. The highest BCUT2D eigenvalue weighted by molar-refractivity contribution is 4.60. The van der Waals surface area contributed by atoms with E-state index in [4.69, 9.17) is 9.47 Å². The number of ether oxygens (including phenoxy) is 2. The predicted octanol–water partition coefficient (Wildman–Crippen LogP) is 2.46. The van der Waals surface area contributed by atoms with Crippen LogP contribution in [0.4, 0.5) is 0 Å². The molecule has 98 valence electrons. The maximum Gasteiger partial charge on any atom is 0.0700 e. The van der Waals surface area contributed by atoms with Gasteiger partial charge in [0.05, 0.1) is 19.8 Å². The highest BCUT2D eigenvalue weighted by Gasteiger charge is 2.04. The van der Waals surface area contributed by atoms with Crippen molar-refractivity contribution >= 4 is 0 Å². The van der Waals surface area contributed by atoms with Gasteiger partial charge in [-0.1, -0.05) is 33.1 Å². The first-order valence-corrected chi connectivity index (χ1v) is 6.62. The van der Waals surface area contributed by atoms with Gasteiger partial charge in [-0.2, -0.15) is 0 Å². The molecular formula is C13H29NO2. The van der Waals surface area contributed by atoms with E-state index in [1.54, 1.807) is 7.11 Å². The first-order chi connectivity index (χ1) is 7.85. The fraction of sp³-hybridized carbons (Fsp3) is 1.00. The van der Waals surface area contributed by atoms with Crippen LogP contribution in [0.2, 0.25) is 0 Å². The van der Waals surface area contributed by atoms with Crippen LogP contribution < -0.4 is 5.32 Å². The number of rotatable bonds is 12. The standard InChI is InChI=1S/C13H29NO2/c1-4-6-7-13(5-2)12-14-8-9-16-11-10-15-3/h13-14H,4-12H2,1-3H3. The Labute approximate surface area is 101 Å². The third-order valence-corrected chi connectivity index (χ3v) is 2.83. The molecule has 0 saturated carbocycles. The van der Waals surface area contributed by atoms with Crippen molar-refractivity contribution in [3.63, 3.8) is 0 Å². The maximum atomic E-state index is 5.38. The summed E-state index contributed by atoms with van der Waals surface area (Å²) in [5.74, 6) is 0.832. The smallest absolute Gasteiger partial charge is 0.0700 e. The molecule has 1 atom stereocenters. The van der Waals surface area contributed by atoms with E-state index in [2.05, 4.69) is 19.2 Å². The number of hydrogen-bond donors (Lipinski definition) is 1. The Morgan fingerprint density at radius 1 is 1.12 bits per heavy atom. The lowest BCUT2D eigenvalue weighted by molar-refractivity contribution is 0.0716. The molecule has 0 bridgehead atoms. The molecule has 0 amide bonds. The van der Waals surface area contributed by atoms with Crippen molar-refractivity contribution in [2.75, 3.05) is 40.0 Å². The zero-order valence-electron chi connectivity index (χ0n) is 11.3. The summed E-state index contributed by atoms with van der Waals surface area (Å²) in [5.41, 5.74) is 0. The van der Waals surface area contributed by atoms with Gasteiger partial charge in [-0.25, -0.2) is 0 Å². The summed E-state index contributed by atoms with van der Waals surface area (Å²) >= 11 is 0. The van der Waals surface area contributed by atoms with Crippen molar-refractivity contribution in [1.82, 2.24) is 5.32 Å². The SMILES string of the molecule is CCCCC(CC)CNCCOCCOC. The zero-order chi connectivity index (χ0) is 12.1. The van der Waals surface area contributed by atoms with Gasteiger partial charge in [0, 0.05) is 13.7 Å². The van der Waals surface area contributed by atoms with Crippen molar-refractivity contribution in [1.29, 1.82) is 0 Å². The number of hydrogen-bond acceptors (Lipinski definition) is 3. The summed E-state index contributed by atoms with van der Waals surface area (Å²) in [4.78, 5) is 0. The molecule has 1 unspecified atom stereocenters. The summed E-state index contributed by atoms with van der Waals surface area (Å²) in [7, 11) is 1.70. The Morgan fingerprint density at radius 2 is 1.94 bits per heavy atom. The van der Waals surface area contributed by atoms with E-state index in [1.165, 1.54) is 25.7 Å². The highest BCUT2D eigenvalue weighted by atomic mass is 16.5. The summed E-state index contributed by atoms with van der Waals surface area (Å²) in [5, 5.41) is 3.46. The summed E-state index contributed by atoms with van der Waals surface area (Å²) in [6.45, 7) is 8.78. The lowest BCUT2D eigenvalue weighted by Crippen LogP contribution is -2.26. The van der Waals surface area contributed by atoms with Crippen molar-refractivity contribution in [3.8, 4) is 0 Å². The predicted molar refractivity (Wildman–Crippen MR) is 68.9 cm³/mol. The zero-order valence-corrected chi connectivity index (χ0v) is 11.3. The van der Waals surface area contributed by atoms with Crippen LogP contribution in [-0.2, 0) is 9.47 Å². The van der Waals surface area contributed by atoms with E-state index >= 15 is 0 Å².